The van der Waals surface area contributed by atoms with E-state index in [9.17, 15) is 0 Å². The summed E-state index contributed by atoms with van der Waals surface area (Å²) in [6.45, 7) is 0. The van der Waals surface area contributed by atoms with Gasteiger partial charge in [-0.2, -0.15) is 0 Å². The van der Waals surface area contributed by atoms with Crippen molar-refractivity contribution >= 4 is 32.3 Å². The molecule has 0 nitrogen and oxygen atoms in total. The summed E-state index contributed by atoms with van der Waals surface area (Å²) in [6, 6.07) is 0. The number of hydrogen-bond donors (Lipinski definition) is 0. The second-order valence-electron chi connectivity index (χ2n) is 0. The Morgan fingerprint density at radius 1 is 1.00 bits per heavy atom. The van der Waals surface area contributed by atoms with Gasteiger partial charge in [0.05, 0.1) is 0 Å². The van der Waals surface area contributed by atoms with E-state index in [0.29, 0.717) is 0 Å². The standard InChI is InChI=1S/B.Fe.Nd.Sn. The summed E-state index contributed by atoms with van der Waals surface area (Å²) in [6.07, 6.45) is 0. The van der Waals surface area contributed by atoms with Gasteiger partial charge >= 0.3 is 0 Å². The summed E-state index contributed by atoms with van der Waals surface area (Å²) in [5.41, 5.74) is 0. The molecular weight excluding hydrogens is 330 g/mol. The van der Waals surface area contributed by atoms with Crippen molar-refractivity contribution in [3.63, 3.8) is 0 Å². The van der Waals surface area contributed by atoms with Gasteiger partial charge in [-0.25, -0.2) is 0 Å². The minimum absolute atomic E-state index is 0. The monoisotopic (exact) mass is 329 g/mol. The van der Waals surface area contributed by atoms with E-state index < -0.39 is 0 Å². The average molecular weight is 330 g/mol. The summed E-state index contributed by atoms with van der Waals surface area (Å²) in [7, 11) is 0. The Morgan fingerprint density at radius 3 is 1.00 bits per heavy atom. The molecule has 0 saturated carbocycles. The van der Waals surface area contributed by atoms with Crippen LogP contribution < -0.4 is 0 Å². The van der Waals surface area contributed by atoms with Crippen LogP contribution in [0, 0.1) is 40.8 Å². The predicted octanol–water partition coefficient (Wildman–Crippen LogP) is -0.764. The van der Waals surface area contributed by atoms with E-state index in [4.69, 9.17) is 0 Å². The Hall–Kier alpha value is 2.73. The molecule has 0 aliphatic rings. The molecule has 0 amide bonds. The molecule has 7 radical (unpaired) electrons. The second-order valence-corrected chi connectivity index (χ2v) is 0. The van der Waals surface area contributed by atoms with Crippen molar-refractivity contribution in [2.75, 3.05) is 0 Å². The van der Waals surface area contributed by atoms with Crippen LogP contribution in [0.4, 0.5) is 0 Å². The van der Waals surface area contributed by atoms with Crippen LogP contribution in [0.2, 0.25) is 0 Å². The summed E-state index contributed by atoms with van der Waals surface area (Å²) >= 11 is 0. The summed E-state index contributed by atoms with van der Waals surface area (Å²) in [5.74, 6) is 0. The number of rotatable bonds is 0. The molecule has 19 valence electrons. The van der Waals surface area contributed by atoms with Crippen molar-refractivity contribution in [2.24, 2.45) is 0 Å². The molecule has 0 fully saturated rings. The van der Waals surface area contributed by atoms with E-state index in [1.54, 1.807) is 0 Å². The van der Waals surface area contributed by atoms with Gasteiger partial charge in [-0.1, -0.05) is 0 Å². The van der Waals surface area contributed by atoms with Crippen molar-refractivity contribution in [3.05, 3.63) is 0 Å². The molecule has 0 rings (SSSR count). The summed E-state index contributed by atoms with van der Waals surface area (Å²) in [5, 5.41) is 0. The van der Waals surface area contributed by atoms with E-state index in [-0.39, 0.29) is 90.2 Å². The van der Waals surface area contributed by atoms with Crippen molar-refractivity contribution in [1.82, 2.24) is 0 Å². The van der Waals surface area contributed by atoms with E-state index in [1.807, 2.05) is 0 Å². The fraction of sp³-hybridized carbons (Fsp3) is 0. The van der Waals surface area contributed by atoms with Crippen LogP contribution in [0.1, 0.15) is 0 Å². The molecular formula is BFeNdSn. The Balaban J connectivity index is 0. The first kappa shape index (κ1) is 29.6. The van der Waals surface area contributed by atoms with Gasteiger partial charge in [-0.05, 0) is 0 Å². The van der Waals surface area contributed by atoms with Crippen LogP contribution >= 0.6 is 0 Å². The van der Waals surface area contributed by atoms with Crippen LogP contribution in [0.3, 0.4) is 0 Å². The predicted molar refractivity (Wildman–Crippen MR) is 11.5 cm³/mol. The van der Waals surface area contributed by atoms with Gasteiger partial charge in [0.1, 0.15) is 0 Å². The molecule has 0 N–H and O–H groups in total. The van der Waals surface area contributed by atoms with Gasteiger partial charge in [0.15, 0.2) is 0 Å². The van der Waals surface area contributed by atoms with Crippen LogP contribution in [-0.4, -0.2) is 32.3 Å². The van der Waals surface area contributed by atoms with Crippen LogP contribution in [-0.2, 0) is 17.1 Å². The molecule has 0 spiro atoms. The van der Waals surface area contributed by atoms with Gasteiger partial charge in [-0.15, -0.1) is 0 Å². The first-order chi connectivity index (χ1) is 0. The minimum atomic E-state index is 0. The molecule has 0 heterocycles. The Labute approximate surface area is 88.4 Å². The van der Waals surface area contributed by atoms with E-state index in [2.05, 4.69) is 0 Å². The molecule has 0 aliphatic heterocycles. The quantitative estimate of drug-likeness (QED) is 0.513. The maximum atomic E-state index is 0. The number of hydrogen-bond acceptors (Lipinski definition) is 0. The SMILES string of the molecule is [B].[Fe].[Nd].[Sn]. The van der Waals surface area contributed by atoms with Crippen molar-refractivity contribution in [3.8, 4) is 0 Å². The van der Waals surface area contributed by atoms with E-state index in [1.165, 1.54) is 0 Å². The second kappa shape index (κ2) is 17.2. The van der Waals surface area contributed by atoms with Crippen LogP contribution in [0.25, 0.3) is 0 Å². The third-order valence-corrected chi connectivity index (χ3v) is 0. The molecule has 0 aromatic heterocycles. The van der Waals surface area contributed by atoms with Crippen molar-refractivity contribution in [1.29, 1.82) is 0 Å². The molecule has 0 saturated heterocycles. The molecule has 0 bridgehead atoms. The zero-order chi connectivity index (χ0) is 0. The van der Waals surface area contributed by atoms with Gasteiger partial charge in [-0.3, -0.25) is 0 Å². The first-order valence-electron chi connectivity index (χ1n) is 0. The first-order valence-corrected chi connectivity index (χ1v) is 0. The van der Waals surface area contributed by atoms with Crippen LogP contribution in [0.5, 0.6) is 0 Å². The molecule has 0 aromatic rings. The van der Waals surface area contributed by atoms with Gasteiger partial charge in [0.25, 0.3) is 0 Å². The average Bonchev–Trinajstić information content (AvgIpc) is 0. The van der Waals surface area contributed by atoms with Gasteiger partial charge in [0, 0.05) is 90.2 Å². The smallest absolute Gasteiger partial charge is 0 e. The van der Waals surface area contributed by atoms with E-state index >= 15 is 0 Å². The summed E-state index contributed by atoms with van der Waals surface area (Å²) in [4.78, 5) is 0. The minimum Gasteiger partial charge on any atom is 0 e. The summed E-state index contributed by atoms with van der Waals surface area (Å²) < 4.78 is 0. The molecule has 4 heteroatoms. The zero-order valence-corrected chi connectivity index (χ0v) is 9.10. The Morgan fingerprint density at radius 2 is 1.00 bits per heavy atom. The zero-order valence-electron chi connectivity index (χ0n) is 1.93. The van der Waals surface area contributed by atoms with Crippen molar-refractivity contribution in [2.45, 2.75) is 0 Å². The fourth-order valence-corrected chi connectivity index (χ4v) is 0. The van der Waals surface area contributed by atoms with Crippen molar-refractivity contribution < 1.29 is 57.9 Å². The van der Waals surface area contributed by atoms with Gasteiger partial charge in [0.2, 0.25) is 0 Å². The Bertz CT molecular complexity index is 8.00. The molecule has 0 aromatic carbocycles. The maximum Gasteiger partial charge on any atom is 0 e. The normalized spacial score (nSPS) is 0. The Kier molecular flexibility index (Phi) is 127. The molecule has 0 unspecified atom stereocenters. The fourth-order valence-electron chi connectivity index (χ4n) is 0. The van der Waals surface area contributed by atoms with E-state index in [0.717, 1.165) is 0 Å². The van der Waals surface area contributed by atoms with Gasteiger partial charge < -0.3 is 0 Å². The maximum absolute atomic E-state index is 0. The molecule has 0 atom stereocenters. The largest absolute Gasteiger partial charge is 0 e. The third kappa shape index (κ3) is 8.83. The van der Waals surface area contributed by atoms with Crippen LogP contribution in [0.15, 0.2) is 0 Å². The molecule has 4 heavy (non-hydrogen) atoms. The molecule has 0 aliphatic carbocycles. The third-order valence-electron chi connectivity index (χ3n) is 0. The topological polar surface area (TPSA) is 0 Å².